The van der Waals surface area contributed by atoms with Crippen molar-refractivity contribution in [3.63, 3.8) is 0 Å². The Balaban J connectivity index is 1.54. The summed E-state index contributed by atoms with van der Waals surface area (Å²) in [6.45, 7) is 0. The second-order valence-corrected chi connectivity index (χ2v) is 11.0. The van der Waals surface area contributed by atoms with Gasteiger partial charge in [0.05, 0.1) is 33.1 Å². The first-order valence-electron chi connectivity index (χ1n) is 13.9. The van der Waals surface area contributed by atoms with Gasteiger partial charge in [-0.15, -0.1) is 0 Å². The van der Waals surface area contributed by atoms with Crippen molar-refractivity contribution < 1.29 is 0 Å². The molecule has 40 heavy (non-hydrogen) atoms. The summed E-state index contributed by atoms with van der Waals surface area (Å²) in [4.78, 5) is 0. The van der Waals surface area contributed by atoms with Crippen LogP contribution in [0.15, 0.2) is 121 Å². The Morgan fingerprint density at radius 3 is 1.88 bits per heavy atom. The molecule has 0 bridgehead atoms. The van der Waals surface area contributed by atoms with Gasteiger partial charge in [-0.2, -0.15) is 0 Å². The lowest BCUT2D eigenvalue weighted by Crippen LogP contribution is -1.93. The zero-order chi connectivity index (χ0) is 26.1. The highest BCUT2D eigenvalue weighted by Crippen LogP contribution is 2.44. The Morgan fingerprint density at radius 1 is 0.400 bits per heavy atom. The van der Waals surface area contributed by atoms with Crippen molar-refractivity contribution in [3.05, 3.63) is 121 Å². The summed E-state index contributed by atoms with van der Waals surface area (Å²) in [5.41, 5.74) is 9.97. The van der Waals surface area contributed by atoms with E-state index in [-0.39, 0.29) is 0 Å². The Bertz CT molecular complexity index is 2650. The molecule has 186 valence electrons. The van der Waals surface area contributed by atoms with E-state index in [1.54, 1.807) is 0 Å². The Kier molecular flexibility index (Phi) is 3.62. The molecule has 0 fully saturated rings. The third-order valence-corrected chi connectivity index (χ3v) is 9.16. The van der Waals surface area contributed by atoms with Crippen molar-refractivity contribution in [1.82, 2.24) is 13.5 Å². The molecule has 4 aromatic heterocycles. The fourth-order valence-corrected chi connectivity index (χ4v) is 7.54. The molecule has 0 saturated heterocycles. The van der Waals surface area contributed by atoms with Crippen LogP contribution in [0, 0.1) is 0 Å². The van der Waals surface area contributed by atoms with Gasteiger partial charge >= 0.3 is 0 Å². The fourth-order valence-electron chi connectivity index (χ4n) is 7.54. The van der Waals surface area contributed by atoms with Gasteiger partial charge in [0.15, 0.2) is 0 Å². The summed E-state index contributed by atoms with van der Waals surface area (Å²) in [5, 5.41) is 10.4. The van der Waals surface area contributed by atoms with E-state index in [4.69, 9.17) is 0 Å². The van der Waals surface area contributed by atoms with E-state index in [0.717, 1.165) is 0 Å². The van der Waals surface area contributed by atoms with Crippen LogP contribution in [0.1, 0.15) is 0 Å². The predicted octanol–water partition coefficient (Wildman–Crippen LogP) is 9.58. The van der Waals surface area contributed by atoms with Gasteiger partial charge in [-0.05, 0) is 53.9 Å². The van der Waals surface area contributed by atoms with Gasteiger partial charge in [-0.25, -0.2) is 0 Å². The topological polar surface area (TPSA) is 14.3 Å². The predicted molar refractivity (Wildman–Crippen MR) is 169 cm³/mol. The van der Waals surface area contributed by atoms with Crippen LogP contribution in [-0.4, -0.2) is 13.5 Å². The van der Waals surface area contributed by atoms with E-state index >= 15 is 0 Å². The van der Waals surface area contributed by atoms with Gasteiger partial charge in [-0.1, -0.05) is 72.8 Å². The van der Waals surface area contributed by atoms with Crippen LogP contribution < -0.4 is 0 Å². The highest BCUT2D eigenvalue weighted by Gasteiger charge is 2.22. The van der Waals surface area contributed by atoms with Gasteiger partial charge in [-0.3, -0.25) is 0 Å². The molecule has 0 aliphatic rings. The smallest absolute Gasteiger partial charge is 0.0619 e. The lowest BCUT2D eigenvalue weighted by Gasteiger charge is -2.08. The molecule has 0 unspecified atom stereocenters. The minimum absolute atomic E-state index is 1.18. The van der Waals surface area contributed by atoms with Crippen LogP contribution >= 0.6 is 0 Å². The van der Waals surface area contributed by atoms with Crippen LogP contribution in [0.4, 0.5) is 0 Å². The minimum Gasteiger partial charge on any atom is -0.344 e. The third-order valence-electron chi connectivity index (χ3n) is 9.16. The first-order chi connectivity index (χ1) is 19.8. The highest BCUT2D eigenvalue weighted by molar-refractivity contribution is 6.31. The summed E-state index contributed by atoms with van der Waals surface area (Å²) < 4.78 is 7.30. The molecule has 0 N–H and O–H groups in total. The van der Waals surface area contributed by atoms with Gasteiger partial charge in [0, 0.05) is 56.0 Å². The maximum absolute atomic E-state index is 2.54. The molecular weight excluding hydrogens is 486 g/mol. The molecule has 0 saturated carbocycles. The van der Waals surface area contributed by atoms with E-state index in [1.807, 2.05) is 0 Å². The number of hydrogen-bond donors (Lipinski definition) is 0. The lowest BCUT2D eigenvalue weighted by molar-refractivity contribution is 1.01. The zero-order valence-corrected chi connectivity index (χ0v) is 21.9. The molecule has 0 spiro atoms. The maximum atomic E-state index is 2.54. The van der Waals surface area contributed by atoms with E-state index in [9.17, 15) is 0 Å². The molecule has 0 radical (unpaired) electrons. The van der Waals surface area contributed by atoms with Crippen LogP contribution in [-0.2, 0) is 7.05 Å². The normalized spacial score (nSPS) is 12.6. The van der Waals surface area contributed by atoms with Gasteiger partial charge in [0.1, 0.15) is 0 Å². The quantitative estimate of drug-likeness (QED) is 0.209. The molecule has 10 aromatic rings. The summed E-state index contributed by atoms with van der Waals surface area (Å²) in [6, 6.07) is 44.8. The van der Waals surface area contributed by atoms with E-state index < -0.39 is 0 Å². The average molecular weight is 510 g/mol. The second-order valence-electron chi connectivity index (χ2n) is 11.0. The van der Waals surface area contributed by atoms with Crippen LogP contribution in [0.2, 0.25) is 0 Å². The summed E-state index contributed by atoms with van der Waals surface area (Å²) in [6.07, 6.45) is 0. The number of para-hydroxylation sites is 3. The first-order valence-corrected chi connectivity index (χ1v) is 13.9. The van der Waals surface area contributed by atoms with Crippen molar-refractivity contribution in [3.8, 4) is 5.69 Å². The van der Waals surface area contributed by atoms with Gasteiger partial charge in [0.2, 0.25) is 0 Å². The lowest BCUT2D eigenvalue weighted by atomic mass is 10.0. The largest absolute Gasteiger partial charge is 0.344 e. The highest BCUT2D eigenvalue weighted by atomic mass is 15.0. The number of nitrogens with zero attached hydrogens (tertiary/aromatic N) is 3. The average Bonchev–Trinajstić information content (AvgIpc) is 3.58. The number of fused-ring (bicyclic) bond motifs is 8. The minimum atomic E-state index is 1.18. The molecule has 0 amide bonds. The number of rotatable bonds is 1. The third kappa shape index (κ3) is 2.30. The van der Waals surface area contributed by atoms with Gasteiger partial charge < -0.3 is 13.5 Å². The first kappa shape index (κ1) is 20.7. The molecule has 6 aromatic carbocycles. The molecular formula is C37H23N3. The standard InChI is InChI=1S/C37H23N3/c1-38-30-17-8-13-24-25-14-7-15-26-28-20-27-23-12-5-6-16-29(23)39(22-10-3-2-4-11-22)33(27)21-34(28)40(37(25)26)32-19-9-18-31(38)36(32)35(24)30/h2-21H,1H3. The van der Waals surface area contributed by atoms with Crippen molar-refractivity contribution in [2.75, 3.05) is 0 Å². The van der Waals surface area contributed by atoms with E-state index in [2.05, 4.69) is 142 Å². The van der Waals surface area contributed by atoms with E-state index in [0.29, 0.717) is 0 Å². The zero-order valence-electron chi connectivity index (χ0n) is 21.9. The molecule has 0 atom stereocenters. The van der Waals surface area contributed by atoms with Crippen molar-refractivity contribution >= 4 is 81.7 Å². The Hall–Kier alpha value is -5.28. The SMILES string of the molecule is Cn1c2cccc3c4cccc5c6cc7c8ccccc8n(-c8ccccc8)c7cc6n(c6cccc1c6c32)c45. The number of aryl methyl sites for hydroxylation is 1. The van der Waals surface area contributed by atoms with Crippen LogP contribution in [0.25, 0.3) is 87.4 Å². The maximum Gasteiger partial charge on any atom is 0.0619 e. The molecule has 3 heteroatoms. The van der Waals surface area contributed by atoms with Gasteiger partial charge in [0.25, 0.3) is 0 Å². The summed E-state index contributed by atoms with van der Waals surface area (Å²) in [5.74, 6) is 0. The Labute approximate surface area is 229 Å². The number of benzene rings is 6. The van der Waals surface area contributed by atoms with E-state index in [1.165, 1.54) is 87.4 Å². The summed E-state index contributed by atoms with van der Waals surface area (Å²) >= 11 is 0. The van der Waals surface area contributed by atoms with Crippen molar-refractivity contribution in [1.29, 1.82) is 0 Å². The molecule has 0 aliphatic carbocycles. The monoisotopic (exact) mass is 509 g/mol. The molecule has 10 rings (SSSR count). The number of hydrogen-bond acceptors (Lipinski definition) is 0. The van der Waals surface area contributed by atoms with Crippen molar-refractivity contribution in [2.45, 2.75) is 0 Å². The Morgan fingerprint density at radius 2 is 1.00 bits per heavy atom. The van der Waals surface area contributed by atoms with Crippen LogP contribution in [0.3, 0.4) is 0 Å². The van der Waals surface area contributed by atoms with Crippen LogP contribution in [0.5, 0.6) is 0 Å². The second kappa shape index (κ2) is 7.02. The summed E-state index contributed by atoms with van der Waals surface area (Å²) in [7, 11) is 2.19. The fraction of sp³-hybridized carbons (Fsp3) is 0.0270. The number of aromatic nitrogens is 3. The molecule has 0 aliphatic heterocycles. The molecule has 3 nitrogen and oxygen atoms in total. The molecule has 4 heterocycles. The van der Waals surface area contributed by atoms with Crippen molar-refractivity contribution in [2.24, 2.45) is 7.05 Å².